The number of aliphatic hydroxyl groups is 1. The summed E-state index contributed by atoms with van der Waals surface area (Å²) < 4.78 is 86.6. The minimum absolute atomic E-state index is 0. The molecule has 8 heteroatoms. The topological polar surface area (TPSA) is 85.2 Å². The number of pyridine rings is 3. The number of hydrogen-bond donors (Lipinski definition) is 1. The second kappa shape index (κ2) is 24.9. The molecule has 1 radical (unpaired) electrons. The summed E-state index contributed by atoms with van der Waals surface area (Å²) in [7, 11) is -1.87. The number of benzene rings is 6. The van der Waals surface area contributed by atoms with Gasteiger partial charge in [-0.2, -0.15) is 0 Å². The molecule has 0 fully saturated rings. The van der Waals surface area contributed by atoms with Crippen LogP contribution in [-0.4, -0.2) is 34.7 Å². The van der Waals surface area contributed by atoms with E-state index in [-0.39, 0.29) is 32.3 Å². The van der Waals surface area contributed by atoms with E-state index in [2.05, 4.69) is 46.7 Å². The molecule has 0 saturated carbocycles. The molecule has 5 aromatic heterocycles. The van der Waals surface area contributed by atoms with Gasteiger partial charge in [-0.3, -0.25) is 4.98 Å². The van der Waals surface area contributed by atoms with E-state index >= 15 is 0 Å². The molecule has 5 heterocycles. The zero-order valence-electron chi connectivity index (χ0n) is 53.9. The number of hydrogen-bond acceptors (Lipinski definition) is 6. The Balaban J connectivity index is 0.000000178. The third-order valence-electron chi connectivity index (χ3n) is 11.7. The molecule has 0 spiro atoms. The summed E-state index contributed by atoms with van der Waals surface area (Å²) >= 11 is 0. The van der Waals surface area contributed by atoms with Gasteiger partial charge in [0.2, 0.25) is 0 Å². The van der Waals surface area contributed by atoms with Gasteiger partial charge in [0, 0.05) is 79.4 Å². The van der Waals surface area contributed by atoms with Crippen molar-refractivity contribution in [3.05, 3.63) is 216 Å². The standard InChI is InChI=1S/C22H21NO.C22H20NO.C22H24NSi.C2H6O.Ir/c2*1-22(2,3)14-15-11-12-23-19(13-15)18-9-6-8-17-16-7-4-5-10-20(16)24-21(17)18;1-17-10-12-19(13-11-17)21-15-20(14-18-8-6-5-7-9-18)22(16-23-21)24(2,3)4;1-2-3;/h4-13H,14H2,1-3H3;4-8,10-13H,14H2,1-3H3;5-12,15-16H,14H2,1-4H3;3H,2H2,1H3;/q;2*-1;;/i2*14D2;1D3,14D2;;. The fourth-order valence-electron chi connectivity index (χ4n) is 8.56. The van der Waals surface area contributed by atoms with Gasteiger partial charge in [-0.1, -0.05) is 181 Å². The maximum Gasteiger partial charge on any atom is 0.144 e. The monoisotopic (exact) mass is 1210 g/mol. The van der Waals surface area contributed by atoms with Crippen LogP contribution in [0.1, 0.15) is 88.6 Å². The molecular formula is C68H71IrN3O3Si-2. The van der Waals surface area contributed by atoms with E-state index in [0.717, 1.165) is 65.9 Å². The molecule has 0 aliphatic carbocycles. The van der Waals surface area contributed by atoms with Crippen LogP contribution in [0, 0.1) is 29.8 Å². The molecular weight excluding hydrogens is 1130 g/mol. The number of aryl methyl sites for hydroxylation is 1. The molecule has 76 heavy (non-hydrogen) atoms. The van der Waals surface area contributed by atoms with Gasteiger partial charge in [-0.05, 0) is 101 Å². The predicted molar refractivity (Wildman–Crippen MR) is 317 cm³/mol. The first kappa shape index (κ1) is 45.4. The number of rotatable bonds is 8. The second-order valence-electron chi connectivity index (χ2n) is 21.2. The minimum atomic E-state index is -2.18. The number of aliphatic hydroxyl groups excluding tert-OH is 1. The maximum atomic E-state index is 8.88. The average molecular weight is 1210 g/mol. The molecule has 11 rings (SSSR count). The molecule has 0 atom stereocenters. The van der Waals surface area contributed by atoms with Gasteiger partial charge in [0.25, 0.3) is 0 Å². The Morgan fingerprint density at radius 2 is 1.16 bits per heavy atom. The van der Waals surface area contributed by atoms with Gasteiger partial charge in [0.15, 0.2) is 0 Å². The molecule has 0 aliphatic heterocycles. The SMILES string of the molecule is CCO.[2H]C([2H])([2H])c1c[c-]c(-c2cc(C([2H])([2H])c3ccccc3)c([Si](C)(C)C)cn2)cc1.[2H]C([2H])(c1ccnc(-c2[c-]ccc3c2oc2ccccc23)c1)C(C)(C)C.[2H]C([2H])(c1ccnc(-c2cccc3c2oc2ccccc23)c1)C(C)(C)C.[Ir]. The van der Waals surface area contributed by atoms with E-state index in [0.29, 0.717) is 39.2 Å². The maximum absolute atomic E-state index is 8.88. The second-order valence-corrected chi connectivity index (χ2v) is 26.3. The summed E-state index contributed by atoms with van der Waals surface area (Å²) in [5, 5.41) is 12.7. The van der Waals surface area contributed by atoms with E-state index < -0.39 is 44.9 Å². The fourth-order valence-corrected chi connectivity index (χ4v) is 9.96. The van der Waals surface area contributed by atoms with Crippen LogP contribution in [0.2, 0.25) is 19.6 Å². The van der Waals surface area contributed by atoms with E-state index in [9.17, 15) is 0 Å². The first-order valence-corrected chi connectivity index (χ1v) is 28.8. The summed E-state index contributed by atoms with van der Waals surface area (Å²) in [6, 6.07) is 54.8. The zero-order chi connectivity index (χ0) is 61.2. The Morgan fingerprint density at radius 1 is 0.592 bits per heavy atom. The molecule has 1 N–H and O–H groups in total. The van der Waals surface area contributed by atoms with Crippen molar-refractivity contribution < 1.29 is 46.4 Å². The molecule has 0 saturated heterocycles. The zero-order valence-corrected chi connectivity index (χ0v) is 48.3. The summed E-state index contributed by atoms with van der Waals surface area (Å²) in [6.45, 7) is 17.7. The molecule has 0 bridgehead atoms. The number of fused-ring (bicyclic) bond motifs is 6. The Bertz CT molecular complexity index is 3890. The van der Waals surface area contributed by atoms with Gasteiger partial charge in [-0.15, -0.1) is 53.6 Å². The van der Waals surface area contributed by atoms with Crippen LogP contribution < -0.4 is 5.19 Å². The Hall–Kier alpha value is -6.80. The minimum Gasteiger partial charge on any atom is -0.501 e. The van der Waals surface area contributed by atoms with Crippen molar-refractivity contribution >= 4 is 57.1 Å². The van der Waals surface area contributed by atoms with Gasteiger partial charge < -0.3 is 23.9 Å². The molecule has 6 nitrogen and oxygen atoms in total. The van der Waals surface area contributed by atoms with Crippen LogP contribution in [0.5, 0.6) is 0 Å². The van der Waals surface area contributed by atoms with E-state index in [1.165, 1.54) is 6.07 Å². The largest absolute Gasteiger partial charge is 0.501 e. The molecule has 0 aliphatic rings. The third-order valence-corrected chi connectivity index (χ3v) is 13.7. The smallest absolute Gasteiger partial charge is 0.144 e. The van der Waals surface area contributed by atoms with Crippen LogP contribution in [0.4, 0.5) is 0 Å². The number of para-hydroxylation sites is 3. The predicted octanol–water partition coefficient (Wildman–Crippen LogP) is 17.3. The number of nitrogens with zero attached hydrogens (tertiary/aromatic N) is 3. The molecule has 6 aromatic carbocycles. The first-order valence-electron chi connectivity index (χ1n) is 29.8. The summed E-state index contributed by atoms with van der Waals surface area (Å²) in [4.78, 5) is 13.5. The van der Waals surface area contributed by atoms with Crippen LogP contribution in [0.25, 0.3) is 77.6 Å². The van der Waals surface area contributed by atoms with E-state index in [1.807, 2.05) is 151 Å². The third kappa shape index (κ3) is 14.6. The van der Waals surface area contributed by atoms with Gasteiger partial charge >= 0.3 is 0 Å². The number of aromatic nitrogens is 3. The van der Waals surface area contributed by atoms with E-state index in [4.69, 9.17) is 26.3 Å². The normalized spacial score (nSPS) is 14.0. The van der Waals surface area contributed by atoms with Crippen molar-refractivity contribution in [3.8, 4) is 33.8 Å². The van der Waals surface area contributed by atoms with Crippen molar-refractivity contribution in [2.75, 3.05) is 6.61 Å². The van der Waals surface area contributed by atoms with Gasteiger partial charge in [0.1, 0.15) is 16.7 Å². The van der Waals surface area contributed by atoms with Crippen LogP contribution in [0.3, 0.4) is 0 Å². The van der Waals surface area contributed by atoms with Crippen molar-refractivity contribution in [2.24, 2.45) is 10.8 Å². The molecule has 11 aromatic rings. The molecule has 391 valence electrons. The van der Waals surface area contributed by atoms with Crippen molar-refractivity contribution in [1.29, 1.82) is 0 Å². The first-order chi connectivity index (χ1) is 39.4. The Morgan fingerprint density at radius 3 is 1.75 bits per heavy atom. The van der Waals surface area contributed by atoms with E-state index in [1.54, 1.807) is 68.0 Å². The van der Waals surface area contributed by atoms with Crippen molar-refractivity contribution in [3.63, 3.8) is 0 Å². The van der Waals surface area contributed by atoms with Gasteiger partial charge in [-0.25, -0.2) is 0 Å². The average Bonchev–Trinajstić information content (AvgIpc) is 3.32. The van der Waals surface area contributed by atoms with Crippen LogP contribution in [-0.2, 0) is 39.2 Å². The molecule has 0 amide bonds. The fraction of sp³-hybridized carbons (Fsp3) is 0.250. The Kier molecular flexibility index (Phi) is 14.9. The quantitative estimate of drug-likeness (QED) is 0.121. The molecule has 0 unspecified atom stereocenters. The van der Waals surface area contributed by atoms with Crippen LogP contribution >= 0.6 is 0 Å². The summed E-state index contributed by atoms with van der Waals surface area (Å²) in [5.41, 5.74) is 9.06. The Labute approximate surface area is 477 Å². The summed E-state index contributed by atoms with van der Waals surface area (Å²) in [6.07, 6.45) is 0.495. The number of furan rings is 2. The summed E-state index contributed by atoms with van der Waals surface area (Å²) in [5.74, 6) is 0. The van der Waals surface area contributed by atoms with Crippen LogP contribution in [0.15, 0.2) is 185 Å². The van der Waals surface area contributed by atoms with Crippen molar-refractivity contribution in [2.45, 2.75) is 94.1 Å². The van der Waals surface area contributed by atoms with Crippen molar-refractivity contribution in [1.82, 2.24) is 15.0 Å². The van der Waals surface area contributed by atoms with Gasteiger partial charge in [0.05, 0.1) is 19.4 Å².